The van der Waals surface area contributed by atoms with Crippen LogP contribution in [0.15, 0.2) is 34.4 Å². The van der Waals surface area contributed by atoms with Crippen molar-refractivity contribution in [3.63, 3.8) is 0 Å². The summed E-state index contributed by atoms with van der Waals surface area (Å²) in [5, 5.41) is 25.5. The molecule has 1 unspecified atom stereocenters. The van der Waals surface area contributed by atoms with Gasteiger partial charge in [0, 0.05) is 62.3 Å². The number of hydrogen-bond acceptors (Lipinski definition) is 13. The predicted molar refractivity (Wildman–Crippen MR) is 233 cm³/mol. The van der Waals surface area contributed by atoms with E-state index in [0.717, 1.165) is 81.0 Å². The lowest BCUT2D eigenvalue weighted by molar-refractivity contribution is -0.132. The number of para-hydroxylation sites is 1. The van der Waals surface area contributed by atoms with Crippen molar-refractivity contribution in [1.82, 2.24) is 36.1 Å². The number of amides is 2. The van der Waals surface area contributed by atoms with Crippen LogP contribution < -0.4 is 43.5 Å². The number of benzene rings is 1. The highest BCUT2D eigenvalue weighted by Crippen LogP contribution is 2.25. The zero-order valence-electron chi connectivity index (χ0n) is 34.3. The van der Waals surface area contributed by atoms with E-state index < -0.39 is 6.04 Å². The number of nitrogens with two attached hydrogens (primary N) is 2. The molecule has 57 heavy (non-hydrogen) atoms. The van der Waals surface area contributed by atoms with Crippen LogP contribution in [-0.4, -0.2) is 122 Å². The SMILES string of the molecule is NN=C(C=NCCCNCCCNC1CCCCC1)CNc1nc(NC2CCN(C(=O)CCC(N)C(=O)NCCCNC3CCCCC3)CC2)c2ccccc2n1. The molecular formula is C42H71N13O2. The lowest BCUT2D eigenvalue weighted by Crippen LogP contribution is -2.44. The van der Waals surface area contributed by atoms with Gasteiger partial charge in [-0.15, -0.1) is 0 Å². The molecule has 10 N–H and O–H groups in total. The van der Waals surface area contributed by atoms with E-state index in [2.05, 4.69) is 42.0 Å². The second kappa shape index (κ2) is 25.4. The minimum atomic E-state index is -0.687. The summed E-state index contributed by atoms with van der Waals surface area (Å²) in [5.41, 5.74) is 7.59. The average Bonchev–Trinajstić information content (AvgIpc) is 3.25. The van der Waals surface area contributed by atoms with Crippen LogP contribution in [0.3, 0.4) is 0 Å². The number of nitrogens with one attached hydrogen (secondary N) is 6. The highest BCUT2D eigenvalue weighted by atomic mass is 16.2. The van der Waals surface area contributed by atoms with Crippen LogP contribution in [0.2, 0.25) is 0 Å². The maximum atomic E-state index is 13.1. The number of piperidine rings is 1. The molecule has 3 fully saturated rings. The summed E-state index contributed by atoms with van der Waals surface area (Å²) in [4.78, 5) is 41.6. The summed E-state index contributed by atoms with van der Waals surface area (Å²) < 4.78 is 0. The maximum Gasteiger partial charge on any atom is 0.236 e. The molecule has 2 aromatic rings. The lowest BCUT2D eigenvalue weighted by Gasteiger charge is -2.33. The third-order valence-corrected chi connectivity index (χ3v) is 11.5. The average molecular weight is 790 g/mol. The Balaban J connectivity index is 0.966. The Labute approximate surface area is 340 Å². The summed E-state index contributed by atoms with van der Waals surface area (Å²) in [6.07, 6.45) is 20.1. The number of hydrogen-bond donors (Lipinski definition) is 8. The third kappa shape index (κ3) is 16.1. The van der Waals surface area contributed by atoms with E-state index >= 15 is 0 Å². The molecule has 2 saturated carbocycles. The molecule has 1 aromatic heterocycles. The Morgan fingerprint density at radius 2 is 1.49 bits per heavy atom. The quantitative estimate of drug-likeness (QED) is 0.0333. The highest BCUT2D eigenvalue weighted by molar-refractivity contribution is 6.32. The predicted octanol–water partition coefficient (Wildman–Crippen LogP) is 3.66. The molecule has 5 rings (SSSR count). The van der Waals surface area contributed by atoms with Gasteiger partial charge in [-0.3, -0.25) is 14.6 Å². The Bertz CT molecular complexity index is 1540. The zero-order chi connectivity index (χ0) is 39.9. The second-order valence-electron chi connectivity index (χ2n) is 16.0. The van der Waals surface area contributed by atoms with E-state index in [1.54, 1.807) is 6.21 Å². The van der Waals surface area contributed by atoms with Crippen molar-refractivity contribution < 1.29 is 9.59 Å². The molecule has 0 bridgehead atoms. The van der Waals surface area contributed by atoms with Crippen molar-refractivity contribution in [1.29, 1.82) is 0 Å². The van der Waals surface area contributed by atoms with Crippen LogP contribution in [-0.2, 0) is 9.59 Å². The van der Waals surface area contributed by atoms with Crippen LogP contribution in [0, 0.1) is 0 Å². The molecule has 2 heterocycles. The molecular weight excluding hydrogens is 719 g/mol. The van der Waals surface area contributed by atoms with Crippen molar-refractivity contribution in [2.45, 2.75) is 133 Å². The van der Waals surface area contributed by atoms with E-state index in [0.29, 0.717) is 56.8 Å². The molecule has 2 amide bonds. The first-order valence-electron chi connectivity index (χ1n) is 22.0. The van der Waals surface area contributed by atoms with Crippen molar-refractivity contribution >= 4 is 46.4 Å². The molecule has 1 atom stereocenters. The fourth-order valence-corrected chi connectivity index (χ4v) is 8.06. The minimum Gasteiger partial charge on any atom is -0.367 e. The van der Waals surface area contributed by atoms with Crippen molar-refractivity contribution in [3.05, 3.63) is 24.3 Å². The summed E-state index contributed by atoms with van der Waals surface area (Å²) in [6.45, 7) is 6.81. The molecule has 15 heteroatoms. The van der Waals surface area contributed by atoms with Gasteiger partial charge in [-0.1, -0.05) is 50.7 Å². The Morgan fingerprint density at radius 3 is 2.19 bits per heavy atom. The van der Waals surface area contributed by atoms with Gasteiger partial charge < -0.3 is 48.4 Å². The number of aromatic nitrogens is 2. The number of hydrazone groups is 1. The van der Waals surface area contributed by atoms with E-state index in [9.17, 15) is 9.59 Å². The molecule has 316 valence electrons. The molecule has 0 radical (unpaired) electrons. The number of fused-ring (bicyclic) bond motifs is 1. The van der Waals surface area contributed by atoms with Gasteiger partial charge >= 0.3 is 0 Å². The number of likely N-dealkylation sites (tertiary alicyclic amines) is 1. The monoisotopic (exact) mass is 790 g/mol. The van der Waals surface area contributed by atoms with Crippen LogP contribution in [0.1, 0.15) is 109 Å². The first-order chi connectivity index (χ1) is 28.0. The van der Waals surface area contributed by atoms with E-state index in [1.807, 2.05) is 29.2 Å². The topological polar surface area (TPSA) is 212 Å². The molecule has 3 aliphatic rings. The number of anilines is 2. The molecule has 1 aliphatic heterocycles. The van der Waals surface area contributed by atoms with Crippen LogP contribution in [0.5, 0.6) is 0 Å². The van der Waals surface area contributed by atoms with Gasteiger partial charge in [-0.05, 0) is 103 Å². The Morgan fingerprint density at radius 1 is 0.825 bits per heavy atom. The Hall–Kier alpha value is -3.92. The molecule has 0 spiro atoms. The smallest absolute Gasteiger partial charge is 0.236 e. The Kier molecular flexibility index (Phi) is 19.7. The fourth-order valence-electron chi connectivity index (χ4n) is 8.06. The number of aliphatic imine (C=N–C) groups is 1. The van der Waals surface area contributed by atoms with Gasteiger partial charge in [0.1, 0.15) is 5.82 Å². The van der Waals surface area contributed by atoms with Gasteiger partial charge in [-0.25, -0.2) is 4.98 Å². The maximum absolute atomic E-state index is 13.1. The standard InChI is InChI=1S/C42H71N13O2/c43-37(41(57)49-27-11-26-48-33-14-5-2-6-15-33)18-19-39(56)55-28-20-34(21-29-55)51-40-36-16-7-8-17-38(36)52-42(53-40)50-31-35(54-44)30-46-24-9-22-45-23-10-25-47-32-12-3-1-4-13-32/h7-8,16-17,30,32-34,37,45,47-48H,1-6,9-15,18-29,31,43-44H2,(H,49,57)(H2,50,51,52,53). The second-order valence-corrected chi connectivity index (χ2v) is 16.0. The number of rotatable bonds is 24. The van der Waals surface area contributed by atoms with Crippen LogP contribution >= 0.6 is 0 Å². The van der Waals surface area contributed by atoms with E-state index in [4.69, 9.17) is 21.5 Å². The van der Waals surface area contributed by atoms with Crippen molar-refractivity contribution in [2.24, 2.45) is 21.7 Å². The zero-order valence-corrected chi connectivity index (χ0v) is 34.3. The van der Waals surface area contributed by atoms with Crippen LogP contribution in [0.4, 0.5) is 11.8 Å². The third-order valence-electron chi connectivity index (χ3n) is 11.5. The fraction of sp³-hybridized carbons (Fsp3) is 0.714. The van der Waals surface area contributed by atoms with Crippen molar-refractivity contribution in [2.75, 3.05) is 69.5 Å². The molecule has 1 aromatic carbocycles. The van der Waals surface area contributed by atoms with E-state index in [1.165, 1.54) is 64.2 Å². The number of carbonyl (C=O) groups excluding carboxylic acids is 2. The largest absolute Gasteiger partial charge is 0.367 e. The summed E-state index contributed by atoms with van der Waals surface area (Å²) in [5.74, 6) is 6.77. The molecule has 2 aliphatic carbocycles. The highest BCUT2D eigenvalue weighted by Gasteiger charge is 2.25. The summed E-state index contributed by atoms with van der Waals surface area (Å²) >= 11 is 0. The van der Waals surface area contributed by atoms with Crippen molar-refractivity contribution in [3.8, 4) is 0 Å². The number of nitrogens with zero attached hydrogens (tertiary/aromatic N) is 5. The lowest BCUT2D eigenvalue weighted by atomic mass is 9.95. The normalized spacial score (nSPS) is 18.3. The van der Waals surface area contributed by atoms with E-state index in [-0.39, 0.29) is 24.3 Å². The van der Waals surface area contributed by atoms with Gasteiger partial charge in [0.05, 0.1) is 23.8 Å². The van der Waals surface area contributed by atoms with Gasteiger partial charge in [0.15, 0.2) is 0 Å². The first kappa shape index (κ1) is 44.2. The minimum absolute atomic E-state index is 0.0398. The van der Waals surface area contributed by atoms with Crippen LogP contribution in [0.25, 0.3) is 10.9 Å². The van der Waals surface area contributed by atoms with Gasteiger partial charge in [-0.2, -0.15) is 10.1 Å². The molecule has 1 saturated heterocycles. The molecule has 15 nitrogen and oxygen atoms in total. The summed E-state index contributed by atoms with van der Waals surface area (Å²) in [7, 11) is 0. The first-order valence-corrected chi connectivity index (χ1v) is 22.0. The summed E-state index contributed by atoms with van der Waals surface area (Å²) in [6, 6.07) is 8.71. The van der Waals surface area contributed by atoms with Gasteiger partial charge in [0.2, 0.25) is 17.8 Å². The number of carbonyl (C=O) groups is 2. The van der Waals surface area contributed by atoms with Gasteiger partial charge in [0.25, 0.3) is 0 Å².